The Bertz CT molecular complexity index is 745. The van der Waals surface area contributed by atoms with Crippen LogP contribution in [-0.4, -0.2) is 39.6 Å². The number of hydrogen-bond donors (Lipinski definition) is 3. The molecule has 1 aromatic rings. The summed E-state index contributed by atoms with van der Waals surface area (Å²) in [6.45, 7) is 1.16. The molecule has 0 aromatic heterocycles. The van der Waals surface area contributed by atoms with E-state index in [1.807, 2.05) is 0 Å². The number of halogens is 3. The first-order valence-electron chi connectivity index (χ1n) is 7.30. The number of aliphatic hydroxyl groups is 1. The van der Waals surface area contributed by atoms with E-state index in [9.17, 15) is 33.2 Å². The van der Waals surface area contributed by atoms with Crippen LogP contribution < -0.4 is 10.6 Å². The molecular weight excluding hydrogens is 379 g/mol. The summed E-state index contributed by atoms with van der Waals surface area (Å²) in [4.78, 5) is 22.4. The molecule has 12 heteroatoms. The summed E-state index contributed by atoms with van der Waals surface area (Å²) >= 11 is 4.72. The maximum atomic E-state index is 13.5. The number of esters is 1. The number of alkyl halides is 3. The summed E-state index contributed by atoms with van der Waals surface area (Å²) in [6, 6.07) is 3.15. The van der Waals surface area contributed by atoms with Gasteiger partial charge in [0.15, 0.2) is 5.11 Å². The van der Waals surface area contributed by atoms with E-state index < -0.39 is 45.6 Å². The highest BCUT2D eigenvalue weighted by Gasteiger charge is 2.66. The topological polar surface area (TPSA) is 114 Å². The van der Waals surface area contributed by atoms with Gasteiger partial charge in [-0.2, -0.15) is 13.2 Å². The summed E-state index contributed by atoms with van der Waals surface area (Å²) in [6.07, 6.45) is -5.28. The van der Waals surface area contributed by atoms with Gasteiger partial charge < -0.3 is 20.5 Å². The molecule has 1 aliphatic heterocycles. The Morgan fingerprint density at radius 3 is 2.69 bits per heavy atom. The molecule has 8 nitrogen and oxygen atoms in total. The van der Waals surface area contributed by atoms with Crippen molar-refractivity contribution >= 4 is 29.0 Å². The fourth-order valence-corrected chi connectivity index (χ4v) is 2.93. The van der Waals surface area contributed by atoms with Crippen LogP contribution in [0.4, 0.5) is 18.9 Å². The Kier molecular flexibility index (Phi) is 5.37. The minimum atomic E-state index is -5.28. The van der Waals surface area contributed by atoms with Gasteiger partial charge in [-0.3, -0.25) is 14.9 Å². The minimum absolute atomic E-state index is 0.0382. The predicted molar refractivity (Wildman–Crippen MR) is 85.8 cm³/mol. The highest BCUT2D eigenvalue weighted by molar-refractivity contribution is 7.80. The van der Waals surface area contributed by atoms with Gasteiger partial charge in [0.2, 0.25) is 0 Å². The predicted octanol–water partition coefficient (Wildman–Crippen LogP) is 1.54. The van der Waals surface area contributed by atoms with Gasteiger partial charge in [0, 0.05) is 12.1 Å². The van der Waals surface area contributed by atoms with Crippen molar-refractivity contribution in [2.75, 3.05) is 6.61 Å². The van der Waals surface area contributed by atoms with Crippen LogP contribution in [0.1, 0.15) is 18.5 Å². The summed E-state index contributed by atoms with van der Waals surface area (Å²) in [7, 11) is 0. The Morgan fingerprint density at radius 1 is 1.50 bits per heavy atom. The SMILES string of the molecule is CCOC(=O)[C@@H]1[C@H](c2cccc([N+](=O)[O-])c2)NC(=S)N[C@]1(O)C(F)(F)F. The van der Waals surface area contributed by atoms with Crippen LogP contribution in [0.5, 0.6) is 0 Å². The molecule has 26 heavy (non-hydrogen) atoms. The first-order chi connectivity index (χ1) is 12.0. The molecular formula is C14H14F3N3O5S. The zero-order valence-electron chi connectivity index (χ0n) is 13.2. The number of nitro groups is 1. The van der Waals surface area contributed by atoms with Gasteiger partial charge in [-0.05, 0) is 24.7 Å². The van der Waals surface area contributed by atoms with E-state index in [0.29, 0.717) is 0 Å². The van der Waals surface area contributed by atoms with Crippen molar-refractivity contribution < 1.29 is 32.7 Å². The van der Waals surface area contributed by atoms with Crippen LogP contribution >= 0.6 is 12.2 Å². The molecule has 3 atom stereocenters. The molecule has 3 N–H and O–H groups in total. The molecule has 1 fully saturated rings. The van der Waals surface area contributed by atoms with Crippen LogP contribution in [0.25, 0.3) is 0 Å². The van der Waals surface area contributed by atoms with Crippen molar-refractivity contribution in [3.63, 3.8) is 0 Å². The van der Waals surface area contributed by atoms with Gasteiger partial charge in [0.05, 0.1) is 17.6 Å². The van der Waals surface area contributed by atoms with Crippen molar-refractivity contribution in [1.82, 2.24) is 10.6 Å². The van der Waals surface area contributed by atoms with E-state index in [2.05, 4.69) is 10.1 Å². The monoisotopic (exact) mass is 393 g/mol. The van der Waals surface area contributed by atoms with Crippen LogP contribution in [-0.2, 0) is 9.53 Å². The molecule has 0 spiro atoms. The molecule has 0 saturated carbocycles. The van der Waals surface area contributed by atoms with Gasteiger partial charge in [0.1, 0.15) is 5.92 Å². The third kappa shape index (κ3) is 3.55. The van der Waals surface area contributed by atoms with Crippen LogP contribution in [0.15, 0.2) is 24.3 Å². The molecule has 1 aromatic carbocycles. The van der Waals surface area contributed by atoms with E-state index in [4.69, 9.17) is 12.2 Å². The van der Waals surface area contributed by atoms with Crippen molar-refractivity contribution in [3.05, 3.63) is 39.9 Å². The number of hydrogen-bond acceptors (Lipinski definition) is 6. The van der Waals surface area contributed by atoms with Crippen molar-refractivity contribution in [2.45, 2.75) is 24.9 Å². The first-order valence-corrected chi connectivity index (χ1v) is 7.71. The zero-order valence-corrected chi connectivity index (χ0v) is 14.1. The van der Waals surface area contributed by atoms with Crippen molar-refractivity contribution in [2.24, 2.45) is 5.92 Å². The van der Waals surface area contributed by atoms with Gasteiger partial charge in [-0.15, -0.1) is 0 Å². The third-order valence-electron chi connectivity index (χ3n) is 3.79. The quantitative estimate of drug-likeness (QED) is 0.306. The van der Waals surface area contributed by atoms with Gasteiger partial charge in [-0.1, -0.05) is 12.1 Å². The lowest BCUT2D eigenvalue weighted by Gasteiger charge is -2.45. The largest absolute Gasteiger partial charge is 0.466 e. The fraction of sp³-hybridized carbons (Fsp3) is 0.429. The van der Waals surface area contributed by atoms with Gasteiger partial charge in [0.25, 0.3) is 11.4 Å². The Balaban J connectivity index is 2.60. The lowest BCUT2D eigenvalue weighted by atomic mass is 9.82. The summed E-state index contributed by atoms with van der Waals surface area (Å²) in [5, 5.41) is 24.7. The number of carbonyl (C=O) groups is 1. The number of nitrogens with zero attached hydrogens (tertiary/aromatic N) is 1. The number of thiocarbonyl (C=S) groups is 1. The normalized spacial score (nSPS) is 25.8. The highest BCUT2D eigenvalue weighted by atomic mass is 32.1. The van der Waals surface area contributed by atoms with Crippen molar-refractivity contribution in [1.29, 1.82) is 0 Å². The second-order valence-corrected chi connectivity index (χ2v) is 5.83. The number of carbonyl (C=O) groups excluding carboxylic acids is 1. The molecule has 0 bridgehead atoms. The van der Waals surface area contributed by atoms with Crippen LogP contribution in [0.2, 0.25) is 0 Å². The maximum absolute atomic E-state index is 13.5. The maximum Gasteiger partial charge on any atom is 0.437 e. The number of nitro benzene ring substituents is 1. The Hall–Kier alpha value is -2.47. The third-order valence-corrected chi connectivity index (χ3v) is 4.01. The molecule has 0 radical (unpaired) electrons. The first kappa shape index (κ1) is 19.8. The standard InChI is InChI=1S/C14H14F3N3O5S/c1-2-25-11(21)9-10(7-4-3-5-8(6-7)20(23)24)18-12(26)19-13(9,22)14(15,16)17/h3-6,9-10,22H,2H2,1H3,(H2,18,19,26)/t9-,10-,13+/m0/s1. The summed E-state index contributed by atoms with van der Waals surface area (Å²) < 4.78 is 45.3. The number of non-ortho nitro benzene ring substituents is 1. The molecule has 1 heterocycles. The van der Waals surface area contributed by atoms with E-state index in [1.165, 1.54) is 19.1 Å². The summed E-state index contributed by atoms with van der Waals surface area (Å²) in [5.74, 6) is -3.54. The van der Waals surface area contributed by atoms with Crippen LogP contribution in [0.3, 0.4) is 0 Å². The Labute approximate surface area is 150 Å². The molecule has 0 amide bonds. The number of ether oxygens (including phenoxy) is 1. The number of rotatable bonds is 4. The highest BCUT2D eigenvalue weighted by Crippen LogP contribution is 2.43. The van der Waals surface area contributed by atoms with E-state index in [0.717, 1.165) is 12.1 Å². The molecule has 1 saturated heterocycles. The zero-order chi connectivity index (χ0) is 19.7. The average molecular weight is 393 g/mol. The second-order valence-electron chi connectivity index (χ2n) is 5.42. The molecule has 142 valence electrons. The molecule has 0 unspecified atom stereocenters. The smallest absolute Gasteiger partial charge is 0.437 e. The molecule has 1 aliphatic rings. The molecule has 0 aliphatic carbocycles. The van der Waals surface area contributed by atoms with Gasteiger partial charge >= 0.3 is 12.1 Å². The summed E-state index contributed by atoms with van der Waals surface area (Å²) in [5.41, 5.74) is -4.15. The van der Waals surface area contributed by atoms with E-state index in [-0.39, 0.29) is 12.2 Å². The molecule has 2 rings (SSSR count). The second kappa shape index (κ2) is 7.03. The van der Waals surface area contributed by atoms with Crippen molar-refractivity contribution in [3.8, 4) is 0 Å². The van der Waals surface area contributed by atoms with E-state index >= 15 is 0 Å². The van der Waals surface area contributed by atoms with E-state index in [1.54, 1.807) is 5.32 Å². The average Bonchev–Trinajstić information content (AvgIpc) is 2.53. The minimum Gasteiger partial charge on any atom is -0.466 e. The van der Waals surface area contributed by atoms with Crippen LogP contribution in [0, 0.1) is 16.0 Å². The number of nitrogens with one attached hydrogen (secondary N) is 2. The van der Waals surface area contributed by atoms with Gasteiger partial charge in [-0.25, -0.2) is 0 Å². The lowest BCUT2D eigenvalue weighted by Crippen LogP contribution is -2.73. The number of benzene rings is 1. The Morgan fingerprint density at radius 2 is 2.15 bits per heavy atom. The fourth-order valence-electron chi connectivity index (χ4n) is 2.65. The lowest BCUT2D eigenvalue weighted by molar-refractivity contribution is -0.385.